The molecule has 0 aliphatic carbocycles. The molecule has 1 heterocycles. The number of rotatable bonds is 6. The van der Waals surface area contributed by atoms with Gasteiger partial charge in [0.25, 0.3) is 0 Å². The van der Waals surface area contributed by atoms with E-state index in [1.54, 1.807) is 31.4 Å². The normalized spacial score (nSPS) is 13.6. The van der Waals surface area contributed by atoms with Crippen molar-refractivity contribution in [3.8, 4) is 11.1 Å². The Morgan fingerprint density at radius 1 is 1.04 bits per heavy atom. The average Bonchev–Trinajstić information content (AvgIpc) is 2.59. The van der Waals surface area contributed by atoms with Crippen molar-refractivity contribution >= 4 is 5.91 Å². The zero-order valence-electron chi connectivity index (χ0n) is 15.2. The number of likely N-dealkylation sites (N-methyl/N-ethyl adjacent to an activating group) is 1. The van der Waals surface area contributed by atoms with Crippen LogP contribution in [-0.4, -0.2) is 35.9 Å². The third-order valence-electron chi connectivity index (χ3n) is 4.20. The van der Waals surface area contributed by atoms with Crippen LogP contribution < -0.4 is 5.32 Å². The highest BCUT2D eigenvalue weighted by atomic mass is 16.2. The number of aromatic nitrogens is 1. The zero-order valence-corrected chi connectivity index (χ0v) is 15.2. The Hall–Kier alpha value is -2.20. The highest BCUT2D eigenvalue weighted by molar-refractivity contribution is 5.81. The Morgan fingerprint density at radius 2 is 1.71 bits per heavy atom. The summed E-state index contributed by atoms with van der Waals surface area (Å²) in [5.74, 6) is 0.341. The van der Waals surface area contributed by atoms with E-state index in [2.05, 4.69) is 55.3 Å². The van der Waals surface area contributed by atoms with Gasteiger partial charge in [-0.2, -0.15) is 0 Å². The van der Waals surface area contributed by atoms with Crippen molar-refractivity contribution in [2.75, 3.05) is 14.1 Å². The lowest BCUT2D eigenvalue weighted by atomic mass is 9.97. The number of hydrogen-bond acceptors (Lipinski definition) is 3. The molecule has 4 nitrogen and oxygen atoms in total. The summed E-state index contributed by atoms with van der Waals surface area (Å²) in [7, 11) is 3.60. The van der Waals surface area contributed by atoms with Gasteiger partial charge in [-0.05, 0) is 47.7 Å². The molecule has 4 heteroatoms. The van der Waals surface area contributed by atoms with E-state index in [0.717, 1.165) is 11.1 Å². The molecule has 0 bridgehead atoms. The van der Waals surface area contributed by atoms with Gasteiger partial charge in [0.1, 0.15) is 0 Å². The van der Waals surface area contributed by atoms with Crippen LogP contribution in [0.2, 0.25) is 0 Å². The topological polar surface area (TPSA) is 45.2 Å². The maximum atomic E-state index is 12.4. The maximum Gasteiger partial charge on any atom is 0.239 e. The second kappa shape index (κ2) is 8.06. The predicted molar refractivity (Wildman–Crippen MR) is 98.5 cm³/mol. The average molecular weight is 325 g/mol. The van der Waals surface area contributed by atoms with Gasteiger partial charge in [0.05, 0.1) is 6.04 Å². The van der Waals surface area contributed by atoms with E-state index in [0.29, 0.717) is 0 Å². The van der Waals surface area contributed by atoms with Gasteiger partial charge in [0.15, 0.2) is 0 Å². The number of nitrogens with zero attached hydrogens (tertiary/aromatic N) is 2. The number of nitrogens with one attached hydrogen (secondary N) is 1. The molecule has 0 aliphatic heterocycles. The molecular formula is C20H27N3O. The van der Waals surface area contributed by atoms with Crippen molar-refractivity contribution in [2.24, 2.45) is 5.92 Å². The van der Waals surface area contributed by atoms with Crippen LogP contribution in [0.5, 0.6) is 0 Å². The van der Waals surface area contributed by atoms with Gasteiger partial charge in [-0.1, -0.05) is 32.0 Å². The van der Waals surface area contributed by atoms with Crippen molar-refractivity contribution < 1.29 is 4.79 Å². The van der Waals surface area contributed by atoms with E-state index in [-0.39, 0.29) is 23.9 Å². The Kier molecular flexibility index (Phi) is 6.10. The van der Waals surface area contributed by atoms with E-state index < -0.39 is 0 Å². The fraction of sp³-hybridized carbons (Fsp3) is 0.400. The molecule has 1 aromatic carbocycles. The quantitative estimate of drug-likeness (QED) is 0.884. The number of carbonyl (C=O) groups is 1. The first-order valence-electron chi connectivity index (χ1n) is 8.37. The second-order valence-electron chi connectivity index (χ2n) is 6.70. The summed E-state index contributed by atoms with van der Waals surface area (Å²) in [5, 5.41) is 3.49. The van der Waals surface area contributed by atoms with Crippen LogP contribution in [-0.2, 0) is 4.79 Å². The van der Waals surface area contributed by atoms with E-state index in [9.17, 15) is 4.79 Å². The molecule has 2 atom stereocenters. The molecule has 0 saturated heterocycles. The number of carbonyl (C=O) groups excluding carboxylic acids is 1. The van der Waals surface area contributed by atoms with Crippen LogP contribution in [0.4, 0.5) is 0 Å². The minimum Gasteiger partial charge on any atom is -0.347 e. The van der Waals surface area contributed by atoms with Crippen LogP contribution in [0.1, 0.15) is 32.4 Å². The standard InChI is InChI=1S/C20H27N3O/c1-14(2)19(20(24)23(4)5)22-15(3)17-7-6-8-18(13-17)16-9-11-21-12-10-16/h6-15,19,22H,1-5H3. The summed E-state index contributed by atoms with van der Waals surface area (Å²) in [6, 6.07) is 12.3. The first-order valence-corrected chi connectivity index (χ1v) is 8.37. The van der Waals surface area contributed by atoms with Gasteiger partial charge in [-0.25, -0.2) is 0 Å². The molecule has 0 saturated carbocycles. The lowest BCUT2D eigenvalue weighted by molar-refractivity contribution is -0.132. The minimum atomic E-state index is -0.195. The highest BCUT2D eigenvalue weighted by Gasteiger charge is 2.25. The van der Waals surface area contributed by atoms with Crippen LogP contribution in [0.15, 0.2) is 48.8 Å². The summed E-state index contributed by atoms with van der Waals surface area (Å²) >= 11 is 0. The fourth-order valence-electron chi connectivity index (χ4n) is 2.72. The third kappa shape index (κ3) is 4.42. The number of pyridine rings is 1. The van der Waals surface area contributed by atoms with Crippen molar-refractivity contribution in [3.05, 3.63) is 54.4 Å². The molecule has 2 aromatic rings. The van der Waals surface area contributed by atoms with Gasteiger partial charge in [-0.15, -0.1) is 0 Å². The van der Waals surface area contributed by atoms with Crippen molar-refractivity contribution in [2.45, 2.75) is 32.9 Å². The van der Waals surface area contributed by atoms with Gasteiger partial charge >= 0.3 is 0 Å². The molecule has 0 fully saturated rings. The van der Waals surface area contributed by atoms with E-state index in [1.165, 1.54) is 5.56 Å². The van der Waals surface area contributed by atoms with Gasteiger partial charge < -0.3 is 4.90 Å². The van der Waals surface area contributed by atoms with Crippen LogP contribution in [0.25, 0.3) is 11.1 Å². The van der Waals surface area contributed by atoms with Crippen molar-refractivity contribution in [1.29, 1.82) is 0 Å². The van der Waals surface area contributed by atoms with Crippen LogP contribution in [0.3, 0.4) is 0 Å². The molecule has 2 unspecified atom stereocenters. The number of benzene rings is 1. The van der Waals surface area contributed by atoms with Crippen LogP contribution >= 0.6 is 0 Å². The van der Waals surface area contributed by atoms with Gasteiger partial charge in [0, 0.05) is 32.5 Å². The summed E-state index contributed by atoms with van der Waals surface area (Å²) < 4.78 is 0. The first kappa shape index (κ1) is 18.1. The second-order valence-corrected chi connectivity index (χ2v) is 6.70. The molecule has 0 aliphatic rings. The Bertz CT molecular complexity index is 668. The molecule has 24 heavy (non-hydrogen) atoms. The Balaban J connectivity index is 2.20. The molecule has 128 valence electrons. The number of hydrogen-bond donors (Lipinski definition) is 1. The smallest absolute Gasteiger partial charge is 0.239 e. The lowest BCUT2D eigenvalue weighted by Gasteiger charge is -2.28. The molecular weight excluding hydrogens is 298 g/mol. The maximum absolute atomic E-state index is 12.4. The summed E-state index contributed by atoms with van der Waals surface area (Å²) in [6.07, 6.45) is 3.60. The molecule has 0 spiro atoms. The van der Waals surface area contributed by atoms with E-state index in [4.69, 9.17) is 0 Å². The summed E-state index contributed by atoms with van der Waals surface area (Å²) in [4.78, 5) is 18.1. The van der Waals surface area contributed by atoms with Gasteiger partial charge in [-0.3, -0.25) is 15.1 Å². The van der Waals surface area contributed by atoms with E-state index in [1.807, 2.05) is 12.1 Å². The Morgan fingerprint density at radius 3 is 2.29 bits per heavy atom. The molecule has 1 N–H and O–H groups in total. The highest BCUT2D eigenvalue weighted by Crippen LogP contribution is 2.23. The zero-order chi connectivity index (χ0) is 17.7. The Labute approximate surface area is 144 Å². The van der Waals surface area contributed by atoms with Gasteiger partial charge in [0.2, 0.25) is 5.91 Å². The molecule has 0 radical (unpaired) electrons. The predicted octanol–water partition coefficient (Wildman–Crippen LogP) is 3.51. The monoisotopic (exact) mass is 325 g/mol. The number of amides is 1. The van der Waals surface area contributed by atoms with Crippen molar-refractivity contribution in [3.63, 3.8) is 0 Å². The van der Waals surface area contributed by atoms with E-state index >= 15 is 0 Å². The SMILES string of the molecule is CC(NC(C(=O)N(C)C)C(C)C)c1cccc(-c2ccncc2)c1. The molecule has 1 aromatic heterocycles. The summed E-state index contributed by atoms with van der Waals surface area (Å²) in [6.45, 7) is 6.24. The summed E-state index contributed by atoms with van der Waals surface area (Å²) in [5.41, 5.74) is 3.47. The minimum absolute atomic E-state index is 0.0862. The molecule has 2 rings (SSSR count). The molecule has 1 amide bonds. The lowest BCUT2D eigenvalue weighted by Crippen LogP contribution is -2.47. The van der Waals surface area contributed by atoms with Crippen molar-refractivity contribution in [1.82, 2.24) is 15.2 Å². The first-order chi connectivity index (χ1) is 11.4. The van der Waals surface area contributed by atoms with Crippen LogP contribution in [0, 0.1) is 5.92 Å². The third-order valence-corrected chi connectivity index (χ3v) is 4.20. The largest absolute Gasteiger partial charge is 0.347 e. The fourth-order valence-corrected chi connectivity index (χ4v) is 2.72.